The maximum Gasteiger partial charge on any atom is 0.407 e. The largest absolute Gasteiger partial charge is 0.464 e. The minimum absolute atomic E-state index is 0.300. The number of rotatable bonds is 5. The molecule has 0 heterocycles. The van der Waals surface area contributed by atoms with Gasteiger partial charge in [0.05, 0.1) is 13.2 Å². The molecule has 1 unspecified atom stereocenters. The maximum atomic E-state index is 11.1. The molecule has 0 aromatic rings. The molecule has 5 nitrogen and oxygen atoms in total. The van der Waals surface area contributed by atoms with Crippen molar-refractivity contribution < 1.29 is 19.1 Å². The van der Waals surface area contributed by atoms with Crippen molar-refractivity contribution in [2.75, 3.05) is 13.2 Å². The van der Waals surface area contributed by atoms with Gasteiger partial charge in [-0.05, 0) is 20.3 Å². The van der Waals surface area contributed by atoms with Crippen molar-refractivity contribution in [1.82, 2.24) is 5.32 Å². The lowest BCUT2D eigenvalue weighted by atomic mass is 10.3. The van der Waals surface area contributed by atoms with Crippen molar-refractivity contribution in [2.24, 2.45) is 0 Å². The number of hydrogen-bond donors (Lipinski definition) is 1. The van der Waals surface area contributed by atoms with Crippen LogP contribution < -0.4 is 5.32 Å². The lowest BCUT2D eigenvalue weighted by Crippen LogP contribution is -2.39. The van der Waals surface area contributed by atoms with E-state index in [1.807, 2.05) is 6.92 Å². The van der Waals surface area contributed by atoms with E-state index in [-0.39, 0.29) is 0 Å². The second kappa shape index (κ2) is 7.17. The molecule has 0 radical (unpaired) electrons. The molecule has 0 aliphatic rings. The fourth-order valence-electron chi connectivity index (χ4n) is 0.739. The minimum atomic E-state index is -0.667. The summed E-state index contributed by atoms with van der Waals surface area (Å²) in [6.45, 7) is 5.80. The third kappa shape index (κ3) is 5.40. The smallest absolute Gasteiger partial charge is 0.407 e. The summed E-state index contributed by atoms with van der Waals surface area (Å²) in [5, 5.41) is 2.36. The molecule has 0 aliphatic heterocycles. The Morgan fingerprint density at radius 3 is 2.43 bits per heavy atom. The summed E-state index contributed by atoms with van der Waals surface area (Å²) < 4.78 is 9.43. The molecule has 0 rings (SSSR count). The first-order chi connectivity index (χ1) is 6.61. The zero-order valence-corrected chi connectivity index (χ0v) is 8.83. The van der Waals surface area contributed by atoms with Gasteiger partial charge in [0.1, 0.15) is 6.04 Å². The van der Waals surface area contributed by atoms with E-state index in [4.69, 9.17) is 9.47 Å². The van der Waals surface area contributed by atoms with E-state index in [9.17, 15) is 9.59 Å². The summed E-state index contributed by atoms with van der Waals surface area (Å²) in [5.74, 6) is -0.457. The van der Waals surface area contributed by atoms with Crippen LogP contribution in [0.4, 0.5) is 4.79 Å². The fourth-order valence-corrected chi connectivity index (χ4v) is 0.739. The number of nitrogens with one attached hydrogen (secondary N) is 1. The van der Waals surface area contributed by atoms with Gasteiger partial charge in [0.2, 0.25) is 0 Å². The highest BCUT2D eigenvalue weighted by Crippen LogP contribution is 1.90. The van der Waals surface area contributed by atoms with Crippen LogP contribution in [0.5, 0.6) is 0 Å². The lowest BCUT2D eigenvalue weighted by molar-refractivity contribution is -0.145. The molecule has 0 saturated heterocycles. The Labute approximate surface area is 83.8 Å². The molecule has 5 heteroatoms. The monoisotopic (exact) mass is 203 g/mol. The molecular weight excluding hydrogens is 186 g/mol. The third-order valence-electron chi connectivity index (χ3n) is 1.41. The first-order valence-corrected chi connectivity index (χ1v) is 4.71. The molecule has 14 heavy (non-hydrogen) atoms. The predicted molar refractivity (Wildman–Crippen MR) is 50.9 cm³/mol. The summed E-state index contributed by atoms with van der Waals surface area (Å²) in [6.07, 6.45) is 0.161. The Morgan fingerprint density at radius 2 is 1.93 bits per heavy atom. The van der Waals surface area contributed by atoms with Gasteiger partial charge < -0.3 is 14.8 Å². The van der Waals surface area contributed by atoms with E-state index >= 15 is 0 Å². The van der Waals surface area contributed by atoms with E-state index < -0.39 is 18.1 Å². The van der Waals surface area contributed by atoms with Crippen LogP contribution in [0.2, 0.25) is 0 Å². The quantitative estimate of drug-likeness (QED) is 0.679. The number of hydrogen-bond acceptors (Lipinski definition) is 4. The molecule has 0 aromatic carbocycles. The molecule has 82 valence electrons. The molecule has 1 atom stereocenters. The molecule has 0 aromatic heterocycles. The van der Waals surface area contributed by atoms with Crippen LogP contribution in [0.3, 0.4) is 0 Å². The molecule has 0 bridgehead atoms. The topological polar surface area (TPSA) is 64.6 Å². The number of carbonyl (C=O) groups is 2. The first kappa shape index (κ1) is 12.7. The predicted octanol–water partition coefficient (Wildman–Crippen LogP) is 1.07. The highest BCUT2D eigenvalue weighted by Gasteiger charge is 2.16. The van der Waals surface area contributed by atoms with E-state index in [1.54, 1.807) is 13.8 Å². The molecule has 0 saturated carbocycles. The van der Waals surface area contributed by atoms with Crippen LogP contribution >= 0.6 is 0 Å². The first-order valence-electron chi connectivity index (χ1n) is 4.71. The minimum Gasteiger partial charge on any atom is -0.464 e. The number of alkyl carbamates (subject to hydrolysis) is 1. The lowest BCUT2D eigenvalue weighted by Gasteiger charge is -2.12. The van der Waals surface area contributed by atoms with Gasteiger partial charge in [0, 0.05) is 0 Å². The van der Waals surface area contributed by atoms with Crippen LogP contribution in [-0.2, 0) is 14.3 Å². The van der Waals surface area contributed by atoms with Gasteiger partial charge in [-0.15, -0.1) is 0 Å². The Kier molecular flexibility index (Phi) is 6.53. The van der Waals surface area contributed by atoms with Crippen LogP contribution in [0, 0.1) is 0 Å². The Bertz CT molecular complexity index is 193. The van der Waals surface area contributed by atoms with Gasteiger partial charge >= 0.3 is 12.1 Å². The number of amides is 1. The van der Waals surface area contributed by atoms with Gasteiger partial charge in [0.25, 0.3) is 0 Å². The van der Waals surface area contributed by atoms with Crippen molar-refractivity contribution in [3.63, 3.8) is 0 Å². The normalized spacial score (nSPS) is 11.6. The van der Waals surface area contributed by atoms with E-state index in [2.05, 4.69) is 5.32 Å². The van der Waals surface area contributed by atoms with Gasteiger partial charge in [-0.25, -0.2) is 9.59 Å². The van der Waals surface area contributed by atoms with Gasteiger partial charge in [-0.2, -0.15) is 0 Å². The van der Waals surface area contributed by atoms with Crippen molar-refractivity contribution in [1.29, 1.82) is 0 Å². The van der Waals surface area contributed by atoms with Crippen LogP contribution in [0.1, 0.15) is 27.2 Å². The molecule has 0 spiro atoms. The molecular formula is C9H17NO4. The van der Waals surface area contributed by atoms with Crippen LogP contribution in [0.25, 0.3) is 0 Å². The molecule has 1 N–H and O–H groups in total. The Morgan fingerprint density at radius 1 is 1.29 bits per heavy atom. The van der Waals surface area contributed by atoms with Gasteiger partial charge in [-0.3, -0.25) is 0 Å². The van der Waals surface area contributed by atoms with Crippen LogP contribution in [-0.4, -0.2) is 31.3 Å². The SMILES string of the molecule is CCCOC(=O)NC(C)C(=O)OCC. The third-order valence-corrected chi connectivity index (χ3v) is 1.41. The Hall–Kier alpha value is -1.26. The average molecular weight is 203 g/mol. The van der Waals surface area contributed by atoms with Crippen molar-refractivity contribution in [3.05, 3.63) is 0 Å². The van der Waals surface area contributed by atoms with Gasteiger partial charge in [-0.1, -0.05) is 6.92 Å². The summed E-state index contributed by atoms with van der Waals surface area (Å²) in [4.78, 5) is 22.0. The second-order valence-electron chi connectivity index (χ2n) is 2.75. The number of carbonyl (C=O) groups excluding carboxylic acids is 2. The highest BCUT2D eigenvalue weighted by molar-refractivity contribution is 5.80. The average Bonchev–Trinajstić information content (AvgIpc) is 2.15. The number of ether oxygens (including phenoxy) is 2. The van der Waals surface area contributed by atoms with E-state index in [0.717, 1.165) is 6.42 Å². The van der Waals surface area contributed by atoms with Crippen LogP contribution in [0.15, 0.2) is 0 Å². The maximum absolute atomic E-state index is 11.1. The highest BCUT2D eigenvalue weighted by atomic mass is 16.6. The summed E-state index contributed by atoms with van der Waals surface area (Å²) in [5.41, 5.74) is 0. The molecule has 0 fully saturated rings. The summed E-state index contributed by atoms with van der Waals surface area (Å²) >= 11 is 0. The molecule has 0 aliphatic carbocycles. The van der Waals surface area contributed by atoms with E-state index in [1.165, 1.54) is 0 Å². The van der Waals surface area contributed by atoms with Crippen molar-refractivity contribution >= 4 is 12.1 Å². The molecule has 1 amide bonds. The summed E-state index contributed by atoms with van der Waals surface area (Å²) in [7, 11) is 0. The fraction of sp³-hybridized carbons (Fsp3) is 0.778. The Balaban J connectivity index is 3.75. The zero-order valence-electron chi connectivity index (χ0n) is 8.83. The van der Waals surface area contributed by atoms with Crippen molar-refractivity contribution in [3.8, 4) is 0 Å². The number of esters is 1. The van der Waals surface area contributed by atoms with Gasteiger partial charge in [0.15, 0.2) is 0 Å². The summed E-state index contributed by atoms with van der Waals surface area (Å²) in [6, 6.07) is -0.667. The standard InChI is InChI=1S/C9H17NO4/c1-4-6-14-9(12)10-7(3)8(11)13-5-2/h7H,4-6H2,1-3H3,(H,10,12). The second-order valence-corrected chi connectivity index (χ2v) is 2.75. The van der Waals surface area contributed by atoms with Crippen molar-refractivity contribution in [2.45, 2.75) is 33.2 Å². The van der Waals surface area contributed by atoms with E-state index in [0.29, 0.717) is 13.2 Å². The zero-order chi connectivity index (χ0) is 11.0.